The summed E-state index contributed by atoms with van der Waals surface area (Å²) < 4.78 is 2.32. The Bertz CT molecular complexity index is 350. The third-order valence-corrected chi connectivity index (χ3v) is 2.18. The molecule has 0 saturated heterocycles. The predicted molar refractivity (Wildman–Crippen MR) is 52.0 cm³/mol. The van der Waals surface area contributed by atoms with Gasteiger partial charge in [-0.1, -0.05) is 0 Å². The molecule has 6 heteroatoms. The van der Waals surface area contributed by atoms with Gasteiger partial charge in [0.05, 0.1) is 5.56 Å². The van der Waals surface area contributed by atoms with E-state index in [1.165, 1.54) is 12.1 Å². The van der Waals surface area contributed by atoms with E-state index >= 15 is 0 Å². The van der Waals surface area contributed by atoms with Crippen molar-refractivity contribution in [2.24, 2.45) is 5.73 Å². The maximum atomic E-state index is 10.5. The maximum Gasteiger partial charge on any atom is 0.335 e. The number of aromatic carboxylic acids is 1. The number of rotatable bonds is 3. The van der Waals surface area contributed by atoms with Crippen LogP contribution in [0, 0.1) is 0 Å². The summed E-state index contributed by atoms with van der Waals surface area (Å²) in [6, 6.07) is 5.44. The number of amides is 2. The zero-order chi connectivity index (χ0) is 10.6. The Labute approximate surface area is 84.4 Å². The highest BCUT2D eigenvalue weighted by Crippen LogP contribution is 2.14. The molecule has 0 spiro atoms. The van der Waals surface area contributed by atoms with Crippen LogP contribution in [-0.4, -0.2) is 17.1 Å². The Morgan fingerprint density at radius 1 is 1.29 bits per heavy atom. The van der Waals surface area contributed by atoms with Crippen molar-refractivity contribution in [1.82, 2.24) is 4.72 Å². The lowest BCUT2D eigenvalue weighted by Gasteiger charge is -2.00. The molecule has 2 amide bonds. The second kappa shape index (κ2) is 4.52. The van der Waals surface area contributed by atoms with Gasteiger partial charge < -0.3 is 10.8 Å². The molecule has 0 bridgehead atoms. The van der Waals surface area contributed by atoms with Crippen LogP contribution < -0.4 is 10.5 Å². The number of carboxylic acids is 1. The first-order valence-corrected chi connectivity index (χ1v) is 4.47. The molecule has 0 aliphatic rings. The van der Waals surface area contributed by atoms with Gasteiger partial charge in [0.1, 0.15) is 0 Å². The molecule has 0 unspecified atom stereocenters. The third-order valence-electron chi connectivity index (χ3n) is 1.37. The van der Waals surface area contributed by atoms with Gasteiger partial charge in [0.15, 0.2) is 0 Å². The van der Waals surface area contributed by atoms with Gasteiger partial charge in [-0.2, -0.15) is 0 Å². The number of hydrogen-bond donors (Lipinski definition) is 3. The van der Waals surface area contributed by atoms with Crippen LogP contribution in [0.4, 0.5) is 4.79 Å². The summed E-state index contributed by atoms with van der Waals surface area (Å²) >= 11 is 1.03. The number of carboxylic acid groups (broad SMARTS) is 1. The minimum absolute atomic E-state index is 0.202. The first-order chi connectivity index (χ1) is 6.59. The molecule has 0 heterocycles. The van der Waals surface area contributed by atoms with Crippen LogP contribution in [0.15, 0.2) is 29.2 Å². The lowest BCUT2D eigenvalue weighted by atomic mass is 10.2. The van der Waals surface area contributed by atoms with E-state index in [9.17, 15) is 9.59 Å². The van der Waals surface area contributed by atoms with E-state index in [1.807, 2.05) is 0 Å². The summed E-state index contributed by atoms with van der Waals surface area (Å²) in [6.45, 7) is 0. The number of urea groups is 1. The van der Waals surface area contributed by atoms with Crippen LogP contribution in [0.3, 0.4) is 0 Å². The van der Waals surface area contributed by atoms with Gasteiger partial charge >= 0.3 is 12.0 Å². The van der Waals surface area contributed by atoms with Crippen molar-refractivity contribution in [3.63, 3.8) is 0 Å². The van der Waals surface area contributed by atoms with Gasteiger partial charge in [0.25, 0.3) is 0 Å². The van der Waals surface area contributed by atoms with Crippen molar-refractivity contribution in [3.8, 4) is 0 Å². The predicted octanol–water partition coefficient (Wildman–Crippen LogP) is 1.06. The number of nitrogens with one attached hydrogen (secondary N) is 1. The molecule has 74 valence electrons. The Morgan fingerprint density at radius 2 is 1.86 bits per heavy atom. The van der Waals surface area contributed by atoms with Crippen molar-refractivity contribution in [2.75, 3.05) is 0 Å². The third kappa shape index (κ3) is 2.98. The Balaban J connectivity index is 2.64. The van der Waals surface area contributed by atoms with Crippen molar-refractivity contribution >= 4 is 23.9 Å². The zero-order valence-corrected chi connectivity index (χ0v) is 7.88. The molecular weight excluding hydrogens is 204 g/mol. The highest BCUT2D eigenvalue weighted by atomic mass is 32.2. The summed E-state index contributed by atoms with van der Waals surface area (Å²) in [4.78, 5) is 21.5. The van der Waals surface area contributed by atoms with Crippen LogP contribution in [0.1, 0.15) is 10.4 Å². The largest absolute Gasteiger partial charge is 0.478 e. The van der Waals surface area contributed by atoms with Gasteiger partial charge in [-0.15, -0.1) is 0 Å². The minimum Gasteiger partial charge on any atom is -0.478 e. The number of primary amides is 1. The molecule has 1 aromatic carbocycles. The summed E-state index contributed by atoms with van der Waals surface area (Å²) in [5, 5.41) is 8.60. The molecule has 0 atom stereocenters. The fourth-order valence-electron chi connectivity index (χ4n) is 0.775. The van der Waals surface area contributed by atoms with E-state index < -0.39 is 12.0 Å². The van der Waals surface area contributed by atoms with Crippen molar-refractivity contribution < 1.29 is 14.7 Å². The fraction of sp³-hybridized carbons (Fsp3) is 0. The SMILES string of the molecule is NC(=O)NSc1ccc(C(=O)O)cc1. The van der Waals surface area contributed by atoms with E-state index in [1.54, 1.807) is 12.1 Å². The van der Waals surface area contributed by atoms with Gasteiger partial charge in [-0.05, 0) is 36.2 Å². The van der Waals surface area contributed by atoms with Gasteiger partial charge in [-0.25, -0.2) is 9.59 Å². The van der Waals surface area contributed by atoms with Crippen LogP contribution >= 0.6 is 11.9 Å². The number of hydrogen-bond acceptors (Lipinski definition) is 3. The van der Waals surface area contributed by atoms with Crippen molar-refractivity contribution in [2.45, 2.75) is 4.90 Å². The highest BCUT2D eigenvalue weighted by Gasteiger charge is 2.02. The second-order valence-corrected chi connectivity index (χ2v) is 3.28. The smallest absolute Gasteiger partial charge is 0.335 e. The van der Waals surface area contributed by atoms with Crippen molar-refractivity contribution in [3.05, 3.63) is 29.8 Å². The van der Waals surface area contributed by atoms with E-state index in [-0.39, 0.29) is 5.56 Å². The summed E-state index contributed by atoms with van der Waals surface area (Å²) in [5.74, 6) is -0.982. The number of nitrogens with two attached hydrogens (primary N) is 1. The number of benzene rings is 1. The Kier molecular flexibility index (Phi) is 3.35. The van der Waals surface area contributed by atoms with Gasteiger partial charge in [-0.3, -0.25) is 4.72 Å². The van der Waals surface area contributed by atoms with E-state index in [2.05, 4.69) is 4.72 Å². The maximum absolute atomic E-state index is 10.5. The Hall–Kier alpha value is -1.69. The molecule has 1 rings (SSSR count). The molecule has 5 nitrogen and oxygen atoms in total. The van der Waals surface area contributed by atoms with Crippen LogP contribution in [0.5, 0.6) is 0 Å². The molecular formula is C8H8N2O3S. The molecule has 0 aliphatic carbocycles. The molecule has 14 heavy (non-hydrogen) atoms. The van der Waals surface area contributed by atoms with Crippen LogP contribution in [0.2, 0.25) is 0 Å². The molecule has 0 radical (unpaired) electrons. The molecule has 0 saturated carbocycles. The first-order valence-electron chi connectivity index (χ1n) is 3.65. The summed E-state index contributed by atoms with van der Waals surface area (Å²) in [7, 11) is 0. The number of carbonyl (C=O) groups excluding carboxylic acids is 1. The lowest BCUT2D eigenvalue weighted by molar-refractivity contribution is 0.0697. The number of carbonyl (C=O) groups is 2. The van der Waals surface area contributed by atoms with Gasteiger partial charge in [0.2, 0.25) is 0 Å². The summed E-state index contributed by atoms with van der Waals surface area (Å²) in [6.07, 6.45) is 0. The average Bonchev–Trinajstić information content (AvgIpc) is 2.15. The van der Waals surface area contributed by atoms with Crippen LogP contribution in [-0.2, 0) is 0 Å². The van der Waals surface area contributed by atoms with E-state index in [0.29, 0.717) is 4.90 Å². The van der Waals surface area contributed by atoms with Crippen molar-refractivity contribution in [1.29, 1.82) is 0 Å². The average molecular weight is 212 g/mol. The summed E-state index contributed by atoms with van der Waals surface area (Å²) in [5.41, 5.74) is 5.06. The first kappa shape index (κ1) is 10.4. The molecule has 1 aromatic rings. The Morgan fingerprint density at radius 3 is 2.29 bits per heavy atom. The standard InChI is InChI=1S/C8H8N2O3S/c9-8(13)10-14-6-3-1-5(2-4-6)7(11)12/h1-4H,(H,11,12)(H3,9,10,13). The van der Waals surface area contributed by atoms with E-state index in [4.69, 9.17) is 10.8 Å². The molecule has 0 aliphatic heterocycles. The lowest BCUT2D eigenvalue weighted by Crippen LogP contribution is -2.22. The monoisotopic (exact) mass is 212 g/mol. The van der Waals surface area contributed by atoms with E-state index in [0.717, 1.165) is 11.9 Å². The van der Waals surface area contributed by atoms with Gasteiger partial charge in [0, 0.05) is 4.90 Å². The highest BCUT2D eigenvalue weighted by molar-refractivity contribution is 7.98. The molecule has 0 aromatic heterocycles. The molecule has 4 N–H and O–H groups in total. The zero-order valence-electron chi connectivity index (χ0n) is 7.06. The quantitative estimate of drug-likeness (QED) is 0.653. The fourth-order valence-corrected chi connectivity index (χ4v) is 1.27. The topological polar surface area (TPSA) is 92.4 Å². The molecule has 0 fully saturated rings. The second-order valence-electron chi connectivity index (χ2n) is 2.40. The van der Waals surface area contributed by atoms with Crippen LogP contribution in [0.25, 0.3) is 0 Å². The minimum atomic E-state index is -0.982. The normalized spacial score (nSPS) is 9.43.